The van der Waals surface area contributed by atoms with Gasteiger partial charge in [0, 0.05) is 44.3 Å². The molecular formula is C66H44N2O. The summed E-state index contributed by atoms with van der Waals surface area (Å²) in [4.78, 5) is 2.36. The molecule has 0 atom stereocenters. The summed E-state index contributed by atoms with van der Waals surface area (Å²) in [6.45, 7) is 0. The molecule has 11 aromatic carbocycles. The fourth-order valence-electron chi connectivity index (χ4n) is 10.4. The summed E-state index contributed by atoms with van der Waals surface area (Å²) in [5, 5.41) is 4.78. The smallest absolute Gasteiger partial charge is 0.136 e. The molecular weight excluding hydrogens is 837 g/mol. The Bertz CT molecular complexity index is 3940. The van der Waals surface area contributed by atoms with Crippen molar-refractivity contribution >= 4 is 60.8 Å². The van der Waals surface area contributed by atoms with Gasteiger partial charge in [-0.25, -0.2) is 0 Å². The van der Waals surface area contributed by atoms with Crippen LogP contribution in [-0.2, 0) is 0 Å². The lowest BCUT2D eigenvalue weighted by Gasteiger charge is -2.26. The monoisotopic (exact) mass is 880 g/mol. The van der Waals surface area contributed by atoms with Crippen LogP contribution in [0.1, 0.15) is 0 Å². The van der Waals surface area contributed by atoms with Gasteiger partial charge >= 0.3 is 0 Å². The van der Waals surface area contributed by atoms with Gasteiger partial charge in [0.05, 0.1) is 11.0 Å². The van der Waals surface area contributed by atoms with Crippen LogP contribution in [0.4, 0.5) is 17.1 Å². The van der Waals surface area contributed by atoms with Crippen molar-refractivity contribution in [2.24, 2.45) is 0 Å². The van der Waals surface area contributed by atoms with Gasteiger partial charge < -0.3 is 13.9 Å². The predicted octanol–water partition coefficient (Wildman–Crippen LogP) is 18.5. The number of nitrogens with zero attached hydrogens (tertiary/aromatic N) is 2. The van der Waals surface area contributed by atoms with Crippen molar-refractivity contribution in [1.82, 2.24) is 4.57 Å². The molecule has 2 heterocycles. The van der Waals surface area contributed by atoms with Crippen LogP contribution in [0.2, 0.25) is 0 Å². The zero-order valence-corrected chi connectivity index (χ0v) is 37.7. The third-order valence-electron chi connectivity index (χ3n) is 13.6. The van der Waals surface area contributed by atoms with Gasteiger partial charge in [-0.2, -0.15) is 0 Å². The number of aromatic nitrogens is 1. The lowest BCUT2D eigenvalue weighted by molar-refractivity contribution is 0.669. The van der Waals surface area contributed by atoms with E-state index in [2.05, 4.69) is 264 Å². The third kappa shape index (κ3) is 7.16. The lowest BCUT2D eigenvalue weighted by Crippen LogP contribution is -2.10. The van der Waals surface area contributed by atoms with E-state index in [1.165, 1.54) is 60.8 Å². The zero-order chi connectivity index (χ0) is 45.7. The van der Waals surface area contributed by atoms with Crippen LogP contribution in [0.5, 0.6) is 0 Å². The van der Waals surface area contributed by atoms with Crippen molar-refractivity contribution < 1.29 is 4.42 Å². The zero-order valence-electron chi connectivity index (χ0n) is 37.7. The molecule has 0 spiro atoms. The largest absolute Gasteiger partial charge is 0.456 e. The first kappa shape index (κ1) is 40.1. The quantitative estimate of drug-likeness (QED) is 0.144. The summed E-state index contributed by atoms with van der Waals surface area (Å²) in [5.41, 5.74) is 20.3. The highest BCUT2D eigenvalue weighted by molar-refractivity contribution is 6.13. The van der Waals surface area contributed by atoms with Crippen molar-refractivity contribution in [3.63, 3.8) is 0 Å². The molecule has 0 unspecified atom stereocenters. The van der Waals surface area contributed by atoms with Gasteiger partial charge in [0.15, 0.2) is 0 Å². The van der Waals surface area contributed by atoms with Crippen molar-refractivity contribution in [2.75, 3.05) is 4.90 Å². The SMILES string of the molecule is c1ccc(-c2ccccc2-c2ccc(N(c3ccc(-c4ccc(-c5cccc(-n6c7ccccc7c7ccccc76)c5)cc4)cc3)c3cccc(-c4cccc5oc6ccccc6c45)c3)cc2)cc1. The Morgan fingerprint density at radius 1 is 0.275 bits per heavy atom. The average Bonchev–Trinajstić information content (AvgIpc) is 3.98. The van der Waals surface area contributed by atoms with Crippen molar-refractivity contribution in [3.05, 3.63) is 267 Å². The Morgan fingerprint density at radius 2 is 0.739 bits per heavy atom. The summed E-state index contributed by atoms with van der Waals surface area (Å²) >= 11 is 0. The van der Waals surface area contributed by atoms with Gasteiger partial charge in [-0.05, 0) is 128 Å². The maximum Gasteiger partial charge on any atom is 0.136 e. The normalized spacial score (nSPS) is 11.5. The van der Waals surface area contributed by atoms with Crippen LogP contribution in [-0.4, -0.2) is 4.57 Å². The molecule has 0 saturated heterocycles. The summed E-state index contributed by atoms with van der Waals surface area (Å²) in [5.74, 6) is 0. The molecule has 3 nitrogen and oxygen atoms in total. The minimum atomic E-state index is 0.888. The molecule has 13 aromatic rings. The minimum absolute atomic E-state index is 0.888. The van der Waals surface area contributed by atoms with Crippen molar-refractivity contribution in [1.29, 1.82) is 0 Å². The molecule has 0 aliphatic heterocycles. The number of furan rings is 1. The second-order valence-corrected chi connectivity index (χ2v) is 17.7. The van der Waals surface area contributed by atoms with E-state index < -0.39 is 0 Å². The highest BCUT2D eigenvalue weighted by Gasteiger charge is 2.18. The summed E-state index contributed by atoms with van der Waals surface area (Å²) in [6, 6.07) is 96.0. The van der Waals surface area contributed by atoms with Crippen LogP contribution in [0.3, 0.4) is 0 Å². The molecule has 69 heavy (non-hydrogen) atoms. The second kappa shape index (κ2) is 16.9. The van der Waals surface area contributed by atoms with E-state index in [4.69, 9.17) is 4.42 Å². The van der Waals surface area contributed by atoms with E-state index >= 15 is 0 Å². The Hall–Kier alpha value is -9.18. The molecule has 0 saturated carbocycles. The van der Waals surface area contributed by atoms with Gasteiger partial charge in [-0.3, -0.25) is 0 Å². The molecule has 0 radical (unpaired) electrons. The van der Waals surface area contributed by atoms with E-state index in [0.29, 0.717) is 0 Å². The predicted molar refractivity (Wildman–Crippen MR) is 290 cm³/mol. The maximum absolute atomic E-state index is 6.32. The van der Waals surface area contributed by atoms with Crippen LogP contribution >= 0.6 is 0 Å². The number of para-hydroxylation sites is 3. The van der Waals surface area contributed by atoms with E-state index in [9.17, 15) is 0 Å². The first-order chi connectivity index (χ1) is 34.2. The number of hydrogen-bond acceptors (Lipinski definition) is 2. The van der Waals surface area contributed by atoms with Crippen LogP contribution in [0.25, 0.3) is 105 Å². The third-order valence-corrected chi connectivity index (χ3v) is 13.6. The van der Waals surface area contributed by atoms with Crippen molar-refractivity contribution in [2.45, 2.75) is 0 Å². The second-order valence-electron chi connectivity index (χ2n) is 17.7. The molecule has 0 N–H and O–H groups in total. The standard InChI is InChI=1S/C66H44N2O/c1-2-15-48(16-3-1)56-21-4-5-22-57(56)49-37-41-53(42-38-49)67(54-19-13-18-51(44-54)58-26-14-30-65-66(58)61-25-8-11-29-64(61)69-65)52-39-35-46(36-40-52)45-31-33-47(34-32-45)50-17-12-20-55(43-50)68-62-27-9-6-23-59(62)60-24-7-10-28-63(60)68/h1-44H. The van der Waals surface area contributed by atoms with E-state index in [-0.39, 0.29) is 0 Å². The highest BCUT2D eigenvalue weighted by atomic mass is 16.3. The molecule has 0 aliphatic carbocycles. The van der Waals surface area contributed by atoms with Gasteiger partial charge in [0.25, 0.3) is 0 Å². The molecule has 13 rings (SSSR count). The fourth-order valence-corrected chi connectivity index (χ4v) is 10.4. The first-order valence-electron chi connectivity index (χ1n) is 23.6. The molecule has 0 bridgehead atoms. The average molecular weight is 881 g/mol. The molecule has 324 valence electrons. The number of hydrogen-bond donors (Lipinski definition) is 0. The Kier molecular flexibility index (Phi) is 9.84. The van der Waals surface area contributed by atoms with E-state index in [1.54, 1.807) is 0 Å². The topological polar surface area (TPSA) is 21.3 Å². The van der Waals surface area contributed by atoms with Gasteiger partial charge in [-0.1, -0.05) is 194 Å². The number of rotatable bonds is 9. The maximum atomic E-state index is 6.32. The highest BCUT2D eigenvalue weighted by Crippen LogP contribution is 2.42. The summed E-state index contributed by atoms with van der Waals surface area (Å²) in [7, 11) is 0. The van der Waals surface area contributed by atoms with Gasteiger partial charge in [-0.15, -0.1) is 0 Å². The van der Waals surface area contributed by atoms with Gasteiger partial charge in [0.1, 0.15) is 11.2 Å². The minimum Gasteiger partial charge on any atom is -0.456 e. The summed E-state index contributed by atoms with van der Waals surface area (Å²) < 4.78 is 8.70. The van der Waals surface area contributed by atoms with Crippen LogP contribution in [0.15, 0.2) is 271 Å². The lowest BCUT2D eigenvalue weighted by atomic mass is 9.94. The van der Waals surface area contributed by atoms with Gasteiger partial charge in [0.2, 0.25) is 0 Å². The van der Waals surface area contributed by atoms with Crippen LogP contribution < -0.4 is 4.90 Å². The first-order valence-corrected chi connectivity index (χ1v) is 23.6. The molecule has 0 amide bonds. The number of benzene rings is 11. The Balaban J connectivity index is 0.855. The number of fused-ring (bicyclic) bond motifs is 6. The van der Waals surface area contributed by atoms with Crippen molar-refractivity contribution in [3.8, 4) is 61.3 Å². The molecule has 0 fully saturated rings. The fraction of sp³-hybridized carbons (Fsp3) is 0. The molecule has 0 aliphatic rings. The summed E-state index contributed by atoms with van der Waals surface area (Å²) in [6.07, 6.45) is 0. The number of anilines is 3. The van der Waals surface area contributed by atoms with E-state index in [0.717, 1.165) is 61.4 Å². The van der Waals surface area contributed by atoms with Crippen LogP contribution in [0, 0.1) is 0 Å². The molecule has 3 heteroatoms. The Morgan fingerprint density at radius 3 is 1.42 bits per heavy atom. The van der Waals surface area contributed by atoms with E-state index in [1.807, 2.05) is 12.1 Å². The Labute approximate surface area is 401 Å². The molecule has 2 aromatic heterocycles.